The Labute approximate surface area is 97.0 Å². The van der Waals surface area contributed by atoms with E-state index in [1.165, 1.54) is 0 Å². The average Bonchev–Trinajstić information content (AvgIpc) is 2.08. The third-order valence-corrected chi connectivity index (χ3v) is 2.41. The fourth-order valence-electron chi connectivity index (χ4n) is 1.33. The lowest BCUT2D eigenvalue weighted by Gasteiger charge is -2.24. The highest BCUT2D eigenvalue weighted by Crippen LogP contribution is 2.03. The third-order valence-electron chi connectivity index (χ3n) is 2.21. The summed E-state index contributed by atoms with van der Waals surface area (Å²) < 4.78 is 0. The molecule has 0 unspecified atom stereocenters. The summed E-state index contributed by atoms with van der Waals surface area (Å²) in [4.78, 5) is 13.4. The molecule has 0 aromatic carbocycles. The van der Waals surface area contributed by atoms with Gasteiger partial charge in [0.2, 0.25) is 5.91 Å². The van der Waals surface area contributed by atoms with Gasteiger partial charge in [-0.2, -0.15) is 0 Å². The number of nitrogens with zero attached hydrogens (tertiary/aromatic N) is 1. The van der Waals surface area contributed by atoms with Gasteiger partial charge in [-0.15, -0.1) is 0 Å². The molecule has 15 heavy (non-hydrogen) atoms. The zero-order valence-electron chi connectivity index (χ0n) is 9.53. The highest BCUT2D eigenvalue weighted by atomic mass is 32.1. The Kier molecular flexibility index (Phi) is 7.25. The smallest absolute Gasteiger partial charge is 0.231 e. The van der Waals surface area contributed by atoms with Crippen molar-refractivity contribution in [1.29, 1.82) is 0 Å². The first-order valence-corrected chi connectivity index (χ1v) is 5.65. The van der Waals surface area contributed by atoms with Crippen LogP contribution in [0.3, 0.4) is 0 Å². The van der Waals surface area contributed by atoms with Crippen molar-refractivity contribution in [1.82, 2.24) is 4.90 Å². The molecule has 0 radical (unpaired) electrons. The number of hydrogen-bond acceptors (Lipinski definition) is 3. The fraction of sp³-hybridized carbons (Fsp3) is 0.800. The van der Waals surface area contributed by atoms with Crippen LogP contribution in [0.1, 0.15) is 33.1 Å². The minimum absolute atomic E-state index is 0.280. The van der Waals surface area contributed by atoms with Gasteiger partial charge in [0.15, 0.2) is 0 Å². The van der Waals surface area contributed by atoms with Crippen LogP contribution in [0.15, 0.2) is 0 Å². The third kappa shape index (κ3) is 8.32. The number of thiocarbonyl (C=S) groups is 1. The monoisotopic (exact) mass is 231 g/mol. The summed E-state index contributed by atoms with van der Waals surface area (Å²) in [6.07, 6.45) is 2.73. The zero-order chi connectivity index (χ0) is 11.8. The first-order valence-electron chi connectivity index (χ1n) is 5.24. The summed E-state index contributed by atoms with van der Waals surface area (Å²) in [7, 11) is 0. The quantitative estimate of drug-likeness (QED) is 0.475. The Morgan fingerprint density at radius 2 is 1.93 bits per heavy atom. The summed E-state index contributed by atoms with van der Waals surface area (Å²) in [6, 6.07) is 0.335. The van der Waals surface area contributed by atoms with Gasteiger partial charge in [0.25, 0.3) is 0 Å². The maximum atomic E-state index is 10.8. The van der Waals surface area contributed by atoms with E-state index >= 15 is 0 Å². The van der Waals surface area contributed by atoms with E-state index in [4.69, 9.17) is 23.7 Å². The van der Waals surface area contributed by atoms with E-state index in [9.17, 15) is 4.79 Å². The number of primary amides is 1. The molecule has 0 fully saturated rings. The maximum Gasteiger partial charge on any atom is 0.231 e. The number of unbranched alkanes of at least 4 members (excludes halogenated alkanes) is 1. The van der Waals surface area contributed by atoms with E-state index in [2.05, 4.69) is 18.7 Å². The molecule has 1 amide bonds. The molecule has 4 nitrogen and oxygen atoms in total. The van der Waals surface area contributed by atoms with E-state index in [1.54, 1.807) is 0 Å². The normalized spacial score (nSPS) is 10.9. The molecule has 0 atom stereocenters. The number of hydrogen-bond donors (Lipinski definition) is 2. The van der Waals surface area contributed by atoms with Gasteiger partial charge in [0, 0.05) is 6.04 Å². The Morgan fingerprint density at radius 3 is 2.33 bits per heavy atom. The minimum Gasteiger partial charge on any atom is -0.393 e. The average molecular weight is 231 g/mol. The van der Waals surface area contributed by atoms with Gasteiger partial charge in [-0.05, 0) is 39.7 Å². The van der Waals surface area contributed by atoms with Crippen LogP contribution < -0.4 is 11.5 Å². The summed E-state index contributed by atoms with van der Waals surface area (Å²) in [5, 5.41) is 0. The van der Waals surface area contributed by atoms with E-state index in [-0.39, 0.29) is 5.91 Å². The van der Waals surface area contributed by atoms with Crippen molar-refractivity contribution in [3.05, 3.63) is 0 Å². The SMILES string of the molecule is CC(C)N(CCCCC(N)=S)CC(N)=O. The highest BCUT2D eigenvalue weighted by Gasteiger charge is 2.11. The lowest BCUT2D eigenvalue weighted by molar-refractivity contribution is -0.119. The van der Waals surface area contributed by atoms with Crippen LogP contribution in [0.4, 0.5) is 0 Å². The summed E-state index contributed by atoms with van der Waals surface area (Å²) >= 11 is 4.79. The van der Waals surface area contributed by atoms with Gasteiger partial charge in [-0.3, -0.25) is 9.69 Å². The van der Waals surface area contributed by atoms with Crippen molar-refractivity contribution in [2.45, 2.75) is 39.2 Å². The molecule has 0 aliphatic heterocycles. The molecule has 88 valence electrons. The topological polar surface area (TPSA) is 72.3 Å². The van der Waals surface area contributed by atoms with E-state index in [0.717, 1.165) is 25.8 Å². The maximum absolute atomic E-state index is 10.8. The van der Waals surface area contributed by atoms with Crippen LogP contribution >= 0.6 is 12.2 Å². The van der Waals surface area contributed by atoms with Crippen LogP contribution in [0.2, 0.25) is 0 Å². The fourth-order valence-corrected chi connectivity index (χ4v) is 1.48. The van der Waals surface area contributed by atoms with Crippen LogP contribution in [-0.2, 0) is 4.79 Å². The largest absolute Gasteiger partial charge is 0.393 e. The Bertz CT molecular complexity index is 219. The lowest BCUT2D eigenvalue weighted by Crippen LogP contribution is -2.39. The van der Waals surface area contributed by atoms with Gasteiger partial charge in [0.05, 0.1) is 11.5 Å². The van der Waals surface area contributed by atoms with Gasteiger partial charge in [0.1, 0.15) is 0 Å². The highest BCUT2D eigenvalue weighted by molar-refractivity contribution is 7.80. The van der Waals surface area contributed by atoms with Crippen LogP contribution in [0.5, 0.6) is 0 Å². The van der Waals surface area contributed by atoms with Gasteiger partial charge in [-0.25, -0.2) is 0 Å². The molecule has 4 N–H and O–H groups in total. The molecule has 0 aromatic heterocycles. The molecule has 0 saturated heterocycles. The van der Waals surface area contributed by atoms with Crippen molar-refractivity contribution in [2.24, 2.45) is 11.5 Å². The Balaban J connectivity index is 3.76. The summed E-state index contributed by atoms with van der Waals surface area (Å²) in [5.74, 6) is -0.280. The van der Waals surface area contributed by atoms with Gasteiger partial charge < -0.3 is 11.5 Å². The molecule has 0 spiro atoms. The number of rotatable bonds is 8. The van der Waals surface area contributed by atoms with Crippen molar-refractivity contribution >= 4 is 23.1 Å². The Morgan fingerprint density at radius 1 is 1.33 bits per heavy atom. The predicted molar refractivity (Wildman–Crippen MR) is 66.5 cm³/mol. The molecular formula is C10H21N3OS. The molecule has 0 aromatic rings. The molecule has 0 aliphatic rings. The van der Waals surface area contributed by atoms with E-state index < -0.39 is 0 Å². The van der Waals surface area contributed by atoms with Crippen LogP contribution in [-0.4, -0.2) is 34.9 Å². The van der Waals surface area contributed by atoms with Crippen molar-refractivity contribution in [3.8, 4) is 0 Å². The second-order valence-electron chi connectivity index (χ2n) is 3.95. The van der Waals surface area contributed by atoms with Crippen LogP contribution in [0, 0.1) is 0 Å². The van der Waals surface area contributed by atoms with Crippen molar-refractivity contribution in [3.63, 3.8) is 0 Å². The standard InChI is InChI=1S/C10H21N3OS/c1-8(2)13(7-9(11)14)6-4-3-5-10(12)15/h8H,3-7H2,1-2H3,(H2,11,14)(H2,12,15). The first-order chi connectivity index (χ1) is 6.93. The summed E-state index contributed by atoms with van der Waals surface area (Å²) in [6.45, 7) is 5.29. The first kappa shape index (κ1) is 14.3. The van der Waals surface area contributed by atoms with Gasteiger partial charge in [-0.1, -0.05) is 12.2 Å². The minimum atomic E-state index is -0.280. The Hall–Kier alpha value is -0.680. The molecule has 0 bridgehead atoms. The summed E-state index contributed by atoms with van der Waals surface area (Å²) in [5.41, 5.74) is 10.6. The number of nitrogens with two attached hydrogens (primary N) is 2. The number of amides is 1. The van der Waals surface area contributed by atoms with Gasteiger partial charge >= 0.3 is 0 Å². The second kappa shape index (κ2) is 7.59. The lowest BCUT2D eigenvalue weighted by atomic mass is 10.2. The van der Waals surface area contributed by atoms with Crippen molar-refractivity contribution < 1.29 is 4.79 Å². The molecule has 0 heterocycles. The van der Waals surface area contributed by atoms with Crippen LogP contribution in [0.25, 0.3) is 0 Å². The number of carbonyl (C=O) groups is 1. The molecule has 0 aliphatic carbocycles. The predicted octanol–water partition coefficient (Wildman–Crippen LogP) is 0.639. The molecule has 0 rings (SSSR count). The van der Waals surface area contributed by atoms with Crippen molar-refractivity contribution in [2.75, 3.05) is 13.1 Å². The molecule has 5 heteroatoms. The molecule has 0 saturated carbocycles. The molecular weight excluding hydrogens is 210 g/mol. The number of carbonyl (C=O) groups excluding carboxylic acids is 1. The van der Waals surface area contributed by atoms with E-state index in [1.807, 2.05) is 0 Å². The second-order valence-corrected chi connectivity index (χ2v) is 4.48. The van der Waals surface area contributed by atoms with E-state index in [0.29, 0.717) is 17.6 Å². The zero-order valence-corrected chi connectivity index (χ0v) is 10.3.